The van der Waals surface area contributed by atoms with Gasteiger partial charge in [0.15, 0.2) is 0 Å². The van der Waals surface area contributed by atoms with E-state index in [2.05, 4.69) is 31.9 Å². The first-order valence-corrected chi connectivity index (χ1v) is 10.1. The highest BCUT2D eigenvalue weighted by atomic mass is 79.9. The second kappa shape index (κ2) is 7.58. The van der Waals surface area contributed by atoms with Gasteiger partial charge in [-0.05, 0) is 63.8 Å². The Kier molecular flexibility index (Phi) is 6.21. The van der Waals surface area contributed by atoms with Gasteiger partial charge in [-0.2, -0.15) is 4.31 Å². The molecule has 0 spiro atoms. The minimum absolute atomic E-state index is 0.0385. The summed E-state index contributed by atoms with van der Waals surface area (Å²) in [6.45, 7) is 2.35. The minimum atomic E-state index is -3.86. The van der Waals surface area contributed by atoms with Crippen molar-refractivity contribution in [2.24, 2.45) is 5.92 Å². The van der Waals surface area contributed by atoms with E-state index in [-0.39, 0.29) is 33.0 Å². The zero-order valence-electron chi connectivity index (χ0n) is 12.4. The monoisotopic (exact) mass is 471 g/mol. The van der Waals surface area contributed by atoms with Crippen molar-refractivity contribution in [3.8, 4) is 0 Å². The molecule has 0 aromatic heterocycles. The van der Waals surface area contributed by atoms with Crippen LogP contribution in [0, 0.1) is 11.7 Å². The zero-order chi connectivity index (χ0) is 17.2. The number of rotatable bonds is 4. The maximum Gasteiger partial charge on any atom is 0.310 e. The second-order valence-electron chi connectivity index (χ2n) is 5.15. The summed E-state index contributed by atoms with van der Waals surface area (Å²) in [6, 6.07) is 2.20. The Morgan fingerprint density at radius 2 is 2.00 bits per heavy atom. The number of sulfonamides is 1. The summed E-state index contributed by atoms with van der Waals surface area (Å²) in [5, 5.41) is 0. The molecule has 1 aliphatic rings. The lowest BCUT2D eigenvalue weighted by Crippen LogP contribution is -2.43. The van der Waals surface area contributed by atoms with E-state index in [4.69, 9.17) is 4.74 Å². The summed E-state index contributed by atoms with van der Waals surface area (Å²) in [7, 11) is -3.86. The van der Waals surface area contributed by atoms with E-state index in [9.17, 15) is 17.6 Å². The first kappa shape index (κ1) is 18.8. The molecule has 0 radical (unpaired) electrons. The molecule has 128 valence electrons. The van der Waals surface area contributed by atoms with Crippen LogP contribution in [0.2, 0.25) is 0 Å². The molecule has 5 nitrogen and oxygen atoms in total. The highest BCUT2D eigenvalue weighted by Crippen LogP contribution is 2.34. The molecule has 1 fully saturated rings. The van der Waals surface area contributed by atoms with Crippen LogP contribution >= 0.6 is 31.9 Å². The molecule has 0 bridgehead atoms. The number of hydrogen-bond acceptors (Lipinski definition) is 4. The molecule has 1 heterocycles. The van der Waals surface area contributed by atoms with E-state index in [1.165, 1.54) is 4.31 Å². The molecule has 0 unspecified atom stereocenters. The Morgan fingerprint density at radius 3 is 2.57 bits per heavy atom. The fourth-order valence-electron chi connectivity index (χ4n) is 2.52. The van der Waals surface area contributed by atoms with Crippen LogP contribution in [0.4, 0.5) is 4.39 Å². The highest BCUT2D eigenvalue weighted by molar-refractivity contribution is 9.11. The lowest BCUT2D eigenvalue weighted by atomic mass is 10.0. The van der Waals surface area contributed by atoms with Crippen LogP contribution in [-0.4, -0.2) is 38.4 Å². The third-order valence-corrected chi connectivity index (χ3v) is 7.31. The molecular formula is C14H16Br2FNO4S. The number of halogens is 3. The fourth-order valence-corrected chi connectivity index (χ4v) is 6.49. The molecule has 9 heteroatoms. The van der Waals surface area contributed by atoms with E-state index in [0.29, 0.717) is 19.4 Å². The van der Waals surface area contributed by atoms with Crippen molar-refractivity contribution in [2.45, 2.75) is 24.7 Å². The third-order valence-electron chi connectivity index (χ3n) is 3.56. The summed E-state index contributed by atoms with van der Waals surface area (Å²) in [5.74, 6) is -1.41. The number of hydrogen-bond donors (Lipinski definition) is 0. The number of esters is 1. The van der Waals surface area contributed by atoms with Crippen molar-refractivity contribution >= 4 is 47.9 Å². The standard InChI is InChI=1S/C14H16Br2FNO4S/c1-2-22-14(19)9-4-3-5-18(8-9)23(20,21)13-11(15)6-10(17)7-12(13)16/h6-7,9H,2-5,8H2,1H3/t9-/m1/s1. The van der Waals surface area contributed by atoms with E-state index < -0.39 is 21.8 Å². The van der Waals surface area contributed by atoms with Crippen LogP contribution < -0.4 is 0 Å². The topological polar surface area (TPSA) is 63.7 Å². The van der Waals surface area contributed by atoms with Gasteiger partial charge in [0.25, 0.3) is 0 Å². The van der Waals surface area contributed by atoms with Crippen LogP contribution in [0.1, 0.15) is 19.8 Å². The zero-order valence-corrected chi connectivity index (χ0v) is 16.4. The molecule has 0 aliphatic carbocycles. The predicted octanol–water partition coefficient (Wildman–Crippen LogP) is 3.31. The van der Waals surface area contributed by atoms with E-state index in [1.807, 2.05) is 0 Å². The summed E-state index contributed by atoms with van der Waals surface area (Å²) in [5.41, 5.74) is 0. The Labute approximate surface area is 151 Å². The summed E-state index contributed by atoms with van der Waals surface area (Å²) < 4.78 is 45.6. The van der Waals surface area contributed by atoms with Gasteiger partial charge in [0.1, 0.15) is 10.7 Å². The molecule has 1 aliphatic heterocycles. The average molecular weight is 473 g/mol. The van der Waals surface area contributed by atoms with Gasteiger partial charge in [-0.3, -0.25) is 4.79 Å². The van der Waals surface area contributed by atoms with Gasteiger partial charge in [-0.25, -0.2) is 12.8 Å². The average Bonchev–Trinajstić information content (AvgIpc) is 2.46. The van der Waals surface area contributed by atoms with Gasteiger partial charge >= 0.3 is 5.97 Å². The molecule has 2 rings (SSSR count). The van der Waals surface area contributed by atoms with Crippen molar-refractivity contribution in [1.29, 1.82) is 0 Å². The SMILES string of the molecule is CCOC(=O)[C@@H]1CCCN(S(=O)(=O)c2c(Br)cc(F)cc2Br)C1. The van der Waals surface area contributed by atoms with Crippen LogP contribution in [0.5, 0.6) is 0 Å². The molecule has 0 amide bonds. The van der Waals surface area contributed by atoms with Gasteiger partial charge in [-0.1, -0.05) is 0 Å². The van der Waals surface area contributed by atoms with Gasteiger partial charge in [0.05, 0.1) is 12.5 Å². The van der Waals surface area contributed by atoms with Crippen molar-refractivity contribution < 1.29 is 22.3 Å². The number of carbonyl (C=O) groups excluding carboxylic acids is 1. The number of piperidine rings is 1. The number of nitrogens with zero attached hydrogens (tertiary/aromatic N) is 1. The summed E-state index contributed by atoms with van der Waals surface area (Å²) in [6.07, 6.45) is 1.16. The first-order valence-electron chi connectivity index (χ1n) is 7.08. The summed E-state index contributed by atoms with van der Waals surface area (Å²) in [4.78, 5) is 11.8. The molecule has 1 aromatic rings. The largest absolute Gasteiger partial charge is 0.466 e. The Hall–Kier alpha value is -0.510. The lowest BCUT2D eigenvalue weighted by molar-refractivity contribution is -0.149. The number of ether oxygens (including phenoxy) is 1. The van der Waals surface area contributed by atoms with Crippen LogP contribution in [-0.2, 0) is 19.6 Å². The Bertz CT molecular complexity index is 688. The summed E-state index contributed by atoms with van der Waals surface area (Å²) >= 11 is 6.20. The normalized spacial score (nSPS) is 19.6. The molecule has 1 aromatic carbocycles. The lowest BCUT2D eigenvalue weighted by Gasteiger charge is -2.31. The van der Waals surface area contributed by atoms with Crippen molar-refractivity contribution in [2.75, 3.05) is 19.7 Å². The first-order chi connectivity index (χ1) is 10.8. The molecule has 23 heavy (non-hydrogen) atoms. The molecule has 0 N–H and O–H groups in total. The van der Waals surface area contributed by atoms with Gasteiger partial charge < -0.3 is 4.74 Å². The van der Waals surface area contributed by atoms with Crippen molar-refractivity contribution in [3.63, 3.8) is 0 Å². The van der Waals surface area contributed by atoms with Gasteiger partial charge in [-0.15, -0.1) is 0 Å². The minimum Gasteiger partial charge on any atom is -0.466 e. The smallest absolute Gasteiger partial charge is 0.310 e. The third kappa shape index (κ3) is 4.12. The van der Waals surface area contributed by atoms with Gasteiger partial charge in [0.2, 0.25) is 10.0 Å². The highest BCUT2D eigenvalue weighted by Gasteiger charge is 2.36. The van der Waals surface area contributed by atoms with Crippen LogP contribution in [0.25, 0.3) is 0 Å². The number of benzene rings is 1. The van der Waals surface area contributed by atoms with E-state index >= 15 is 0 Å². The molecular weight excluding hydrogens is 457 g/mol. The van der Waals surface area contributed by atoms with E-state index in [1.54, 1.807) is 6.92 Å². The predicted molar refractivity (Wildman–Crippen MR) is 89.9 cm³/mol. The van der Waals surface area contributed by atoms with Gasteiger partial charge in [0, 0.05) is 22.0 Å². The second-order valence-corrected chi connectivity index (χ2v) is 8.74. The fraction of sp³-hybridized carbons (Fsp3) is 0.500. The molecule has 1 atom stereocenters. The van der Waals surface area contributed by atoms with Crippen molar-refractivity contribution in [1.82, 2.24) is 4.31 Å². The number of carbonyl (C=O) groups is 1. The van der Waals surface area contributed by atoms with E-state index in [0.717, 1.165) is 12.1 Å². The Balaban J connectivity index is 2.31. The van der Waals surface area contributed by atoms with Crippen LogP contribution in [0.15, 0.2) is 26.0 Å². The molecule has 0 saturated carbocycles. The maximum absolute atomic E-state index is 13.4. The quantitative estimate of drug-likeness (QED) is 0.630. The maximum atomic E-state index is 13.4. The Morgan fingerprint density at radius 1 is 1.39 bits per heavy atom. The van der Waals surface area contributed by atoms with Crippen LogP contribution in [0.3, 0.4) is 0 Å². The molecule has 1 saturated heterocycles. The van der Waals surface area contributed by atoms with Crippen molar-refractivity contribution in [3.05, 3.63) is 26.9 Å².